The minimum Gasteiger partial charge on any atom is -0.330 e. The third-order valence-electron chi connectivity index (χ3n) is 5.57. The Labute approximate surface area is 147 Å². The van der Waals surface area contributed by atoms with Crippen LogP contribution in [0.5, 0.6) is 0 Å². The van der Waals surface area contributed by atoms with Gasteiger partial charge in [0, 0.05) is 19.6 Å². The van der Waals surface area contributed by atoms with Crippen molar-refractivity contribution in [3.63, 3.8) is 0 Å². The first-order chi connectivity index (χ1) is 11.6. The smallest absolute Gasteiger partial charge is 0.0991 e. The highest BCUT2D eigenvalue weighted by molar-refractivity contribution is 5.31. The van der Waals surface area contributed by atoms with Gasteiger partial charge in [0.25, 0.3) is 0 Å². The molecule has 0 saturated heterocycles. The van der Waals surface area contributed by atoms with Gasteiger partial charge in [-0.3, -0.25) is 4.90 Å². The maximum atomic E-state index is 8.95. The second-order valence-corrected chi connectivity index (χ2v) is 7.64. The van der Waals surface area contributed by atoms with E-state index in [-0.39, 0.29) is 0 Å². The van der Waals surface area contributed by atoms with Crippen LogP contribution in [0.1, 0.15) is 57.1 Å². The maximum absolute atomic E-state index is 8.95. The molecule has 2 N–H and O–H groups in total. The van der Waals surface area contributed by atoms with Gasteiger partial charge in [-0.15, -0.1) is 0 Å². The summed E-state index contributed by atoms with van der Waals surface area (Å²) in [5.41, 5.74) is 7.88. The maximum Gasteiger partial charge on any atom is 0.0991 e. The summed E-state index contributed by atoms with van der Waals surface area (Å²) in [5, 5.41) is 8.95. The third kappa shape index (κ3) is 5.92. The fourth-order valence-electron chi connectivity index (χ4n) is 3.73. The molecule has 1 aliphatic rings. The normalized spacial score (nSPS) is 22.3. The van der Waals surface area contributed by atoms with Crippen LogP contribution in [-0.4, -0.2) is 24.5 Å². The molecule has 1 aliphatic carbocycles. The van der Waals surface area contributed by atoms with E-state index in [0.29, 0.717) is 0 Å². The van der Waals surface area contributed by atoms with Crippen molar-refractivity contribution in [1.29, 1.82) is 5.26 Å². The summed E-state index contributed by atoms with van der Waals surface area (Å²) in [6.07, 6.45) is 6.48. The summed E-state index contributed by atoms with van der Waals surface area (Å²) in [6.45, 7) is 8.82. The first-order valence-corrected chi connectivity index (χ1v) is 9.56. The van der Waals surface area contributed by atoms with Crippen LogP contribution in [0.15, 0.2) is 24.3 Å². The van der Waals surface area contributed by atoms with Crippen molar-refractivity contribution in [3.8, 4) is 6.07 Å². The molecule has 1 saturated carbocycles. The molecule has 0 aromatic heterocycles. The Kier molecular flexibility index (Phi) is 7.75. The van der Waals surface area contributed by atoms with E-state index in [9.17, 15) is 0 Å². The van der Waals surface area contributed by atoms with Crippen LogP contribution in [0.25, 0.3) is 0 Å². The van der Waals surface area contributed by atoms with Crippen LogP contribution >= 0.6 is 0 Å². The van der Waals surface area contributed by atoms with Crippen molar-refractivity contribution >= 4 is 0 Å². The number of hydrogen-bond acceptors (Lipinski definition) is 3. The molecule has 2 rings (SSSR count). The molecule has 0 heterocycles. The van der Waals surface area contributed by atoms with Crippen LogP contribution in [0.2, 0.25) is 0 Å². The second-order valence-electron chi connectivity index (χ2n) is 7.64. The molecule has 1 fully saturated rings. The first-order valence-electron chi connectivity index (χ1n) is 9.56. The van der Waals surface area contributed by atoms with Crippen LogP contribution in [-0.2, 0) is 6.54 Å². The Hall–Kier alpha value is -1.37. The minimum absolute atomic E-state index is 0.726. The van der Waals surface area contributed by atoms with Crippen molar-refractivity contribution in [1.82, 2.24) is 4.90 Å². The number of rotatable bonds is 8. The highest BCUT2D eigenvalue weighted by Crippen LogP contribution is 2.29. The average Bonchev–Trinajstić information content (AvgIpc) is 2.62. The predicted molar refractivity (Wildman–Crippen MR) is 100 cm³/mol. The zero-order chi connectivity index (χ0) is 17.4. The van der Waals surface area contributed by atoms with Gasteiger partial charge in [0.2, 0.25) is 0 Å². The van der Waals surface area contributed by atoms with Gasteiger partial charge >= 0.3 is 0 Å². The molecule has 0 spiro atoms. The summed E-state index contributed by atoms with van der Waals surface area (Å²) in [5.74, 6) is 2.29. The van der Waals surface area contributed by atoms with Gasteiger partial charge < -0.3 is 5.73 Å². The van der Waals surface area contributed by atoms with Gasteiger partial charge in [0.1, 0.15) is 0 Å². The van der Waals surface area contributed by atoms with Gasteiger partial charge in [-0.25, -0.2) is 0 Å². The van der Waals surface area contributed by atoms with Gasteiger partial charge in [0.15, 0.2) is 0 Å². The number of nitrogens with zero attached hydrogens (tertiary/aromatic N) is 2. The average molecular weight is 328 g/mol. The van der Waals surface area contributed by atoms with Crippen LogP contribution < -0.4 is 5.73 Å². The quantitative estimate of drug-likeness (QED) is 0.779. The van der Waals surface area contributed by atoms with Crippen LogP contribution in [0.3, 0.4) is 0 Å². The zero-order valence-corrected chi connectivity index (χ0v) is 15.4. The summed E-state index contributed by atoms with van der Waals surface area (Å²) in [4.78, 5) is 2.63. The molecule has 3 nitrogen and oxygen atoms in total. The van der Waals surface area contributed by atoms with Crippen LogP contribution in [0.4, 0.5) is 0 Å². The lowest BCUT2D eigenvalue weighted by Crippen LogP contribution is -2.35. The largest absolute Gasteiger partial charge is 0.330 e. The van der Waals surface area contributed by atoms with Crippen molar-refractivity contribution < 1.29 is 0 Å². The Balaban J connectivity index is 1.94. The Morgan fingerprint density at radius 2 is 1.79 bits per heavy atom. The van der Waals surface area contributed by atoms with Crippen molar-refractivity contribution in [2.75, 3.05) is 19.6 Å². The molecule has 3 heteroatoms. The molecular weight excluding hydrogens is 294 g/mol. The molecular formula is C21H33N3. The molecule has 1 unspecified atom stereocenters. The standard InChI is InChI=1S/C21H33N3/c1-3-17(2)14-24(15-20-8-4-18(12-22)5-9-20)16-21-10-6-19(13-23)7-11-21/h4-5,8-9,17,19,21H,3,6-7,10-11,13-16,23H2,1-2H3. The van der Waals surface area contributed by atoms with E-state index in [1.54, 1.807) is 0 Å². The Morgan fingerprint density at radius 3 is 2.33 bits per heavy atom. The van der Waals surface area contributed by atoms with Crippen molar-refractivity contribution in [2.24, 2.45) is 23.5 Å². The Morgan fingerprint density at radius 1 is 1.17 bits per heavy atom. The van der Waals surface area contributed by atoms with E-state index in [0.717, 1.165) is 43.0 Å². The molecule has 1 atom stereocenters. The van der Waals surface area contributed by atoms with E-state index in [4.69, 9.17) is 11.0 Å². The molecule has 24 heavy (non-hydrogen) atoms. The summed E-state index contributed by atoms with van der Waals surface area (Å²) < 4.78 is 0. The molecule has 0 bridgehead atoms. The molecule has 132 valence electrons. The van der Waals surface area contributed by atoms with E-state index in [1.807, 2.05) is 12.1 Å². The van der Waals surface area contributed by atoms with Gasteiger partial charge in [-0.1, -0.05) is 32.4 Å². The molecule has 0 radical (unpaired) electrons. The topological polar surface area (TPSA) is 53.0 Å². The fourth-order valence-corrected chi connectivity index (χ4v) is 3.73. The van der Waals surface area contributed by atoms with Gasteiger partial charge in [0.05, 0.1) is 11.6 Å². The van der Waals surface area contributed by atoms with E-state index < -0.39 is 0 Å². The predicted octanol–water partition coefficient (Wildman–Crippen LogP) is 4.17. The van der Waals surface area contributed by atoms with E-state index in [1.165, 1.54) is 44.2 Å². The monoisotopic (exact) mass is 327 g/mol. The molecule has 0 aliphatic heterocycles. The number of nitrogens with two attached hydrogens (primary N) is 1. The number of benzene rings is 1. The number of nitriles is 1. The molecule has 0 amide bonds. The Bertz CT molecular complexity index is 509. The lowest BCUT2D eigenvalue weighted by molar-refractivity contribution is 0.158. The van der Waals surface area contributed by atoms with Crippen molar-refractivity contribution in [2.45, 2.75) is 52.5 Å². The summed E-state index contributed by atoms with van der Waals surface area (Å²) >= 11 is 0. The highest BCUT2D eigenvalue weighted by Gasteiger charge is 2.22. The fraction of sp³-hybridized carbons (Fsp3) is 0.667. The van der Waals surface area contributed by atoms with E-state index in [2.05, 4.69) is 36.9 Å². The number of hydrogen-bond donors (Lipinski definition) is 1. The van der Waals surface area contributed by atoms with Gasteiger partial charge in [-0.05, 0) is 67.7 Å². The highest BCUT2D eigenvalue weighted by atomic mass is 15.1. The second kappa shape index (κ2) is 9.81. The van der Waals surface area contributed by atoms with E-state index >= 15 is 0 Å². The summed E-state index contributed by atoms with van der Waals surface area (Å²) in [7, 11) is 0. The lowest BCUT2D eigenvalue weighted by Gasteiger charge is -2.33. The first kappa shape index (κ1) is 19.0. The lowest BCUT2D eigenvalue weighted by atomic mass is 9.81. The summed E-state index contributed by atoms with van der Waals surface area (Å²) in [6, 6.07) is 10.3. The minimum atomic E-state index is 0.726. The SMILES string of the molecule is CCC(C)CN(Cc1ccc(C#N)cc1)CC1CCC(CN)CC1. The molecule has 1 aromatic carbocycles. The molecule has 1 aromatic rings. The third-order valence-corrected chi connectivity index (χ3v) is 5.57. The van der Waals surface area contributed by atoms with Gasteiger partial charge in [-0.2, -0.15) is 5.26 Å². The van der Waals surface area contributed by atoms with Crippen LogP contribution in [0, 0.1) is 29.1 Å². The zero-order valence-electron chi connectivity index (χ0n) is 15.4. The van der Waals surface area contributed by atoms with Crippen molar-refractivity contribution in [3.05, 3.63) is 35.4 Å².